The van der Waals surface area contributed by atoms with E-state index in [1.807, 2.05) is 0 Å². The molecule has 8 nitrogen and oxygen atoms in total. The predicted octanol–water partition coefficient (Wildman–Crippen LogP) is 1.82. The molecule has 3 rings (SSSR count). The zero-order valence-corrected chi connectivity index (χ0v) is 13.4. The van der Waals surface area contributed by atoms with Gasteiger partial charge in [-0.1, -0.05) is 5.16 Å². The molecule has 0 aliphatic carbocycles. The Kier molecular flexibility index (Phi) is 4.52. The highest BCUT2D eigenvalue weighted by Crippen LogP contribution is 2.32. The summed E-state index contributed by atoms with van der Waals surface area (Å²) in [6.45, 7) is 1.23. The lowest BCUT2D eigenvalue weighted by Crippen LogP contribution is -2.22. The maximum atomic E-state index is 12.0. The highest BCUT2D eigenvalue weighted by Gasteiger charge is 2.18. The molecule has 0 saturated carbocycles. The van der Waals surface area contributed by atoms with Gasteiger partial charge >= 0.3 is 5.97 Å². The molecule has 1 aromatic heterocycles. The number of aromatic nitrogens is 1. The highest BCUT2D eigenvalue weighted by atomic mass is 32.2. The Balaban J connectivity index is 1.58. The van der Waals surface area contributed by atoms with Gasteiger partial charge in [0, 0.05) is 11.0 Å². The van der Waals surface area contributed by atoms with Crippen LogP contribution in [0, 0.1) is 6.92 Å². The second-order valence-electron chi connectivity index (χ2n) is 4.99. The second kappa shape index (κ2) is 6.75. The van der Waals surface area contributed by atoms with E-state index in [4.69, 9.17) is 9.26 Å². The number of carbonyl (C=O) groups is 3. The molecule has 2 aromatic rings. The van der Waals surface area contributed by atoms with E-state index in [9.17, 15) is 14.4 Å². The number of nitrogens with zero attached hydrogens (tertiary/aromatic N) is 1. The number of amides is 2. The molecule has 2 amide bonds. The minimum atomic E-state index is -0.658. The Hall–Kier alpha value is -2.81. The van der Waals surface area contributed by atoms with Crippen molar-refractivity contribution in [2.24, 2.45) is 0 Å². The molecule has 124 valence electrons. The molecule has 0 atom stereocenters. The van der Waals surface area contributed by atoms with Gasteiger partial charge in [0.05, 0.1) is 17.0 Å². The van der Waals surface area contributed by atoms with E-state index in [1.54, 1.807) is 25.1 Å². The van der Waals surface area contributed by atoms with Crippen LogP contribution < -0.4 is 10.6 Å². The summed E-state index contributed by atoms with van der Waals surface area (Å²) in [5.41, 5.74) is 0.815. The largest absolute Gasteiger partial charge is 0.452 e. The van der Waals surface area contributed by atoms with E-state index in [2.05, 4.69) is 15.8 Å². The van der Waals surface area contributed by atoms with Gasteiger partial charge in [-0.2, -0.15) is 0 Å². The van der Waals surface area contributed by atoms with Crippen molar-refractivity contribution in [3.05, 3.63) is 35.6 Å². The lowest BCUT2D eigenvalue weighted by molar-refractivity contribution is -0.119. The van der Waals surface area contributed by atoms with E-state index in [0.717, 1.165) is 4.90 Å². The zero-order chi connectivity index (χ0) is 17.1. The number of ether oxygens (including phenoxy) is 1. The maximum Gasteiger partial charge on any atom is 0.338 e. The van der Waals surface area contributed by atoms with Gasteiger partial charge < -0.3 is 19.9 Å². The summed E-state index contributed by atoms with van der Waals surface area (Å²) in [6.07, 6.45) is 0. The number of aryl methyl sites for hydroxylation is 1. The Morgan fingerprint density at radius 1 is 1.42 bits per heavy atom. The Labute approximate surface area is 140 Å². The van der Waals surface area contributed by atoms with Gasteiger partial charge in [-0.25, -0.2) is 4.79 Å². The van der Waals surface area contributed by atoms with Crippen molar-refractivity contribution in [1.82, 2.24) is 5.16 Å². The monoisotopic (exact) mass is 347 g/mol. The first kappa shape index (κ1) is 16.1. The van der Waals surface area contributed by atoms with Crippen molar-refractivity contribution < 1.29 is 23.6 Å². The van der Waals surface area contributed by atoms with Gasteiger partial charge in [-0.05, 0) is 25.1 Å². The number of carbonyl (C=O) groups excluding carboxylic acids is 3. The number of hydrogen-bond donors (Lipinski definition) is 2. The normalized spacial score (nSPS) is 13.0. The number of benzene rings is 1. The molecule has 1 aliphatic rings. The number of anilines is 2. The molecule has 0 spiro atoms. The highest BCUT2D eigenvalue weighted by molar-refractivity contribution is 8.00. The van der Waals surface area contributed by atoms with Crippen LogP contribution in [0.4, 0.5) is 11.5 Å². The first-order valence-electron chi connectivity index (χ1n) is 6.98. The first-order chi connectivity index (χ1) is 11.5. The van der Waals surface area contributed by atoms with Crippen LogP contribution in [0.25, 0.3) is 0 Å². The summed E-state index contributed by atoms with van der Waals surface area (Å²) < 4.78 is 9.77. The fourth-order valence-corrected chi connectivity index (χ4v) is 2.82. The van der Waals surface area contributed by atoms with Gasteiger partial charge in [0.2, 0.25) is 5.91 Å². The van der Waals surface area contributed by atoms with Gasteiger partial charge in [-0.15, -0.1) is 11.8 Å². The molecule has 9 heteroatoms. The van der Waals surface area contributed by atoms with Gasteiger partial charge in [0.15, 0.2) is 12.4 Å². The zero-order valence-electron chi connectivity index (χ0n) is 12.6. The number of hydrogen-bond acceptors (Lipinski definition) is 7. The van der Waals surface area contributed by atoms with Crippen LogP contribution in [0.15, 0.2) is 33.7 Å². The molecule has 0 fully saturated rings. The van der Waals surface area contributed by atoms with Crippen molar-refractivity contribution in [3.8, 4) is 0 Å². The van der Waals surface area contributed by atoms with Crippen LogP contribution in [0.3, 0.4) is 0 Å². The quantitative estimate of drug-likeness (QED) is 0.812. The minimum Gasteiger partial charge on any atom is -0.452 e. The third-order valence-electron chi connectivity index (χ3n) is 3.08. The number of nitrogens with one attached hydrogen (secondary N) is 2. The Morgan fingerprint density at radius 3 is 3.00 bits per heavy atom. The lowest BCUT2D eigenvalue weighted by atomic mass is 10.2. The van der Waals surface area contributed by atoms with E-state index in [-0.39, 0.29) is 17.3 Å². The molecule has 2 heterocycles. The predicted molar refractivity (Wildman–Crippen MR) is 85.9 cm³/mol. The Morgan fingerprint density at radius 2 is 2.25 bits per heavy atom. The van der Waals surface area contributed by atoms with E-state index < -0.39 is 18.5 Å². The summed E-state index contributed by atoms with van der Waals surface area (Å²) in [7, 11) is 0. The molecule has 24 heavy (non-hydrogen) atoms. The summed E-state index contributed by atoms with van der Waals surface area (Å²) in [4.78, 5) is 36.0. The number of fused-ring (bicyclic) bond motifs is 1. The average molecular weight is 347 g/mol. The van der Waals surface area contributed by atoms with Crippen LogP contribution >= 0.6 is 11.8 Å². The summed E-state index contributed by atoms with van der Waals surface area (Å²) >= 11 is 1.39. The standard InChI is InChI=1S/C15H13N3O5S/c1-8-4-12(18-23-8)17-13(19)6-22-15(21)9-2-3-11-10(5-9)16-14(20)7-24-11/h2-5H,6-7H2,1H3,(H,16,20)(H,17,18,19). The maximum absolute atomic E-state index is 12.0. The minimum absolute atomic E-state index is 0.125. The van der Waals surface area contributed by atoms with Crippen LogP contribution in [0.2, 0.25) is 0 Å². The third-order valence-corrected chi connectivity index (χ3v) is 4.15. The molecule has 1 aliphatic heterocycles. The summed E-state index contributed by atoms with van der Waals surface area (Å²) in [5, 5.41) is 8.74. The number of rotatable bonds is 4. The molecule has 0 radical (unpaired) electrons. The smallest absolute Gasteiger partial charge is 0.338 e. The number of thioether (sulfide) groups is 1. The van der Waals surface area contributed by atoms with Crippen molar-refractivity contribution in [3.63, 3.8) is 0 Å². The van der Waals surface area contributed by atoms with Crippen molar-refractivity contribution in [1.29, 1.82) is 0 Å². The number of esters is 1. The molecule has 2 N–H and O–H groups in total. The fourth-order valence-electron chi connectivity index (χ4n) is 2.03. The molecule has 0 saturated heterocycles. The molecular formula is C15H13N3O5S. The van der Waals surface area contributed by atoms with E-state index >= 15 is 0 Å². The van der Waals surface area contributed by atoms with Crippen LogP contribution in [0.1, 0.15) is 16.1 Å². The topological polar surface area (TPSA) is 111 Å². The summed E-state index contributed by atoms with van der Waals surface area (Å²) in [6, 6.07) is 6.39. The second-order valence-corrected chi connectivity index (χ2v) is 6.01. The van der Waals surface area contributed by atoms with E-state index in [0.29, 0.717) is 17.2 Å². The molecular weight excluding hydrogens is 334 g/mol. The van der Waals surface area contributed by atoms with Gasteiger partial charge in [0.1, 0.15) is 5.76 Å². The van der Waals surface area contributed by atoms with Gasteiger partial charge in [-0.3, -0.25) is 9.59 Å². The molecule has 1 aromatic carbocycles. The average Bonchev–Trinajstić information content (AvgIpc) is 2.96. The summed E-state index contributed by atoms with van der Waals surface area (Å²) in [5.74, 6) is -0.162. The van der Waals surface area contributed by atoms with Crippen molar-refractivity contribution >= 4 is 41.1 Å². The third kappa shape index (κ3) is 3.74. The first-order valence-corrected chi connectivity index (χ1v) is 7.97. The lowest BCUT2D eigenvalue weighted by Gasteiger charge is -2.16. The van der Waals surface area contributed by atoms with Gasteiger partial charge in [0.25, 0.3) is 5.91 Å². The Bertz CT molecular complexity index is 817. The van der Waals surface area contributed by atoms with Crippen LogP contribution in [-0.2, 0) is 14.3 Å². The SMILES string of the molecule is Cc1cc(NC(=O)COC(=O)c2ccc3c(c2)NC(=O)CS3)no1. The fraction of sp³-hybridized carbons (Fsp3) is 0.200. The van der Waals surface area contributed by atoms with E-state index in [1.165, 1.54) is 17.8 Å². The van der Waals surface area contributed by atoms with Crippen LogP contribution in [-0.4, -0.2) is 35.3 Å². The molecule has 0 unspecified atom stereocenters. The molecule has 0 bridgehead atoms. The van der Waals surface area contributed by atoms with Crippen molar-refractivity contribution in [2.75, 3.05) is 23.0 Å². The van der Waals surface area contributed by atoms with Crippen LogP contribution in [0.5, 0.6) is 0 Å². The van der Waals surface area contributed by atoms with Crippen molar-refractivity contribution in [2.45, 2.75) is 11.8 Å².